The van der Waals surface area contributed by atoms with Crippen LogP contribution in [0.25, 0.3) is 11.5 Å². The van der Waals surface area contributed by atoms with Gasteiger partial charge in [-0.3, -0.25) is 4.31 Å². The van der Waals surface area contributed by atoms with Gasteiger partial charge >= 0.3 is 12.1 Å². The van der Waals surface area contributed by atoms with E-state index in [1.54, 1.807) is 43.3 Å². The zero-order chi connectivity index (χ0) is 27.9. The van der Waals surface area contributed by atoms with Gasteiger partial charge in [-0.05, 0) is 67.1 Å². The molecular weight excluding hydrogens is 553 g/mol. The molecule has 1 atom stereocenters. The van der Waals surface area contributed by atoms with Crippen LogP contribution in [0.5, 0.6) is 0 Å². The Morgan fingerprint density at radius 2 is 1.74 bits per heavy atom. The van der Waals surface area contributed by atoms with E-state index in [9.17, 15) is 31.5 Å². The van der Waals surface area contributed by atoms with Crippen molar-refractivity contribution in [3.63, 3.8) is 0 Å². The fourth-order valence-corrected chi connectivity index (χ4v) is 6.85. The van der Waals surface area contributed by atoms with Gasteiger partial charge in [0.05, 0.1) is 21.8 Å². The largest absolute Gasteiger partial charge is 0.480 e. The van der Waals surface area contributed by atoms with Crippen molar-refractivity contribution in [1.82, 2.24) is 4.98 Å². The van der Waals surface area contributed by atoms with Crippen LogP contribution in [0, 0.1) is 6.92 Å². The summed E-state index contributed by atoms with van der Waals surface area (Å²) >= 11 is 1.37. The minimum Gasteiger partial charge on any atom is -0.480 e. The first-order valence-corrected chi connectivity index (χ1v) is 14.1. The number of nitrogens with zero attached hydrogens (tertiary/aromatic N) is 2. The van der Waals surface area contributed by atoms with Crippen molar-refractivity contribution in [1.29, 1.82) is 0 Å². The number of hydrogen-bond acceptors (Lipinski definition) is 6. The Hall–Kier alpha value is -3.77. The molecule has 1 aliphatic rings. The van der Waals surface area contributed by atoms with Gasteiger partial charge in [0.15, 0.2) is 0 Å². The van der Waals surface area contributed by atoms with Crippen LogP contribution in [0.1, 0.15) is 22.6 Å². The molecule has 3 aromatic carbocycles. The normalized spacial score (nSPS) is 15.4. The van der Waals surface area contributed by atoms with Gasteiger partial charge in [0.25, 0.3) is 10.0 Å². The average molecular weight is 575 g/mol. The van der Waals surface area contributed by atoms with Crippen molar-refractivity contribution in [2.45, 2.75) is 41.1 Å². The Kier molecular flexibility index (Phi) is 6.93. The zero-order valence-corrected chi connectivity index (χ0v) is 22.0. The van der Waals surface area contributed by atoms with Crippen molar-refractivity contribution in [3.8, 4) is 11.5 Å². The molecule has 1 N–H and O–H groups in total. The quantitative estimate of drug-likeness (QED) is 0.264. The Balaban J connectivity index is 1.30. The molecule has 5 rings (SSSR count). The second kappa shape index (κ2) is 10.1. The van der Waals surface area contributed by atoms with Gasteiger partial charge in [0.1, 0.15) is 11.8 Å². The van der Waals surface area contributed by atoms with Crippen molar-refractivity contribution in [2.75, 3.05) is 4.31 Å². The van der Waals surface area contributed by atoms with Gasteiger partial charge in [0, 0.05) is 22.6 Å². The summed E-state index contributed by atoms with van der Waals surface area (Å²) < 4.78 is 72.0. The number of fused-ring (bicyclic) bond motifs is 1. The van der Waals surface area contributed by atoms with E-state index in [0.29, 0.717) is 34.0 Å². The number of carboxylic acid groups (broad SMARTS) is 1. The highest BCUT2D eigenvalue weighted by Gasteiger charge is 2.42. The molecule has 0 radical (unpaired) electrons. The third kappa shape index (κ3) is 5.26. The van der Waals surface area contributed by atoms with Crippen molar-refractivity contribution < 1.29 is 35.9 Å². The first-order chi connectivity index (χ1) is 18.4. The number of anilines is 1. The van der Waals surface area contributed by atoms with E-state index >= 15 is 0 Å². The minimum absolute atomic E-state index is 0.0305. The third-order valence-corrected chi connectivity index (χ3v) is 9.18. The fourth-order valence-electron chi connectivity index (χ4n) is 4.30. The van der Waals surface area contributed by atoms with Crippen LogP contribution in [0.15, 0.2) is 87.0 Å². The number of aromatic nitrogens is 1. The first kappa shape index (κ1) is 26.8. The highest BCUT2D eigenvalue weighted by atomic mass is 32.2. The van der Waals surface area contributed by atoms with E-state index < -0.39 is 33.8 Å². The molecule has 7 nitrogen and oxygen atoms in total. The zero-order valence-electron chi connectivity index (χ0n) is 20.3. The Morgan fingerprint density at radius 1 is 1.08 bits per heavy atom. The summed E-state index contributed by atoms with van der Waals surface area (Å²) in [6, 6.07) is 16.2. The summed E-state index contributed by atoms with van der Waals surface area (Å²) in [7, 11) is -4.13. The molecule has 12 heteroatoms. The minimum atomic E-state index is -4.43. The van der Waals surface area contributed by atoms with E-state index in [0.717, 1.165) is 21.3 Å². The number of aryl methyl sites for hydroxylation is 1. The molecule has 0 amide bonds. The predicted octanol–water partition coefficient (Wildman–Crippen LogP) is 6.17. The number of halogens is 3. The van der Waals surface area contributed by atoms with E-state index in [-0.39, 0.29) is 17.2 Å². The lowest BCUT2D eigenvalue weighted by atomic mass is 10.1. The molecule has 0 spiro atoms. The number of para-hydroxylation sites is 1. The molecule has 1 aliphatic heterocycles. The van der Waals surface area contributed by atoms with Crippen LogP contribution in [-0.4, -0.2) is 30.5 Å². The maximum Gasteiger partial charge on any atom is 0.416 e. The molecule has 2 heterocycles. The van der Waals surface area contributed by atoms with Crippen molar-refractivity contribution in [3.05, 3.63) is 95.4 Å². The number of aliphatic carboxylic acids is 1. The van der Waals surface area contributed by atoms with Crippen LogP contribution < -0.4 is 4.31 Å². The lowest BCUT2D eigenvalue weighted by Crippen LogP contribution is -2.42. The number of rotatable bonds is 7. The van der Waals surface area contributed by atoms with Crippen LogP contribution in [0.4, 0.5) is 18.9 Å². The monoisotopic (exact) mass is 574 g/mol. The maximum absolute atomic E-state index is 13.4. The second-order valence-corrected chi connectivity index (χ2v) is 11.7. The van der Waals surface area contributed by atoms with Gasteiger partial charge in [-0.15, -0.1) is 11.8 Å². The van der Waals surface area contributed by atoms with E-state index in [2.05, 4.69) is 4.98 Å². The summed E-state index contributed by atoms with van der Waals surface area (Å²) in [5.41, 5.74) is 1.26. The molecule has 4 aromatic rings. The second-order valence-electron chi connectivity index (χ2n) is 8.84. The van der Waals surface area contributed by atoms with E-state index in [1.807, 2.05) is 0 Å². The average Bonchev–Trinajstić information content (AvgIpc) is 3.48. The molecule has 0 saturated heterocycles. The highest BCUT2D eigenvalue weighted by molar-refractivity contribution is 7.98. The number of carboxylic acids is 1. The number of carbonyl (C=O) groups is 1. The number of thioether (sulfide) groups is 1. The lowest BCUT2D eigenvalue weighted by Gasteiger charge is -2.24. The highest BCUT2D eigenvalue weighted by Crippen LogP contribution is 2.37. The molecule has 39 heavy (non-hydrogen) atoms. The maximum atomic E-state index is 13.4. The van der Waals surface area contributed by atoms with Crippen molar-refractivity contribution in [2.24, 2.45) is 0 Å². The molecule has 0 fully saturated rings. The molecule has 1 aromatic heterocycles. The van der Waals surface area contributed by atoms with Crippen LogP contribution in [-0.2, 0) is 33.2 Å². The van der Waals surface area contributed by atoms with Crippen LogP contribution in [0.2, 0.25) is 0 Å². The number of hydrogen-bond donors (Lipinski definition) is 1. The summed E-state index contributed by atoms with van der Waals surface area (Å²) in [4.78, 5) is 17.0. The van der Waals surface area contributed by atoms with Gasteiger partial charge in [-0.1, -0.05) is 18.2 Å². The first-order valence-electron chi connectivity index (χ1n) is 11.7. The Labute approximate surface area is 226 Å². The molecule has 1 unspecified atom stereocenters. The fraction of sp³-hybridized carbons (Fsp3) is 0.185. The van der Waals surface area contributed by atoms with Gasteiger partial charge in [-0.25, -0.2) is 18.2 Å². The van der Waals surface area contributed by atoms with E-state index in [1.165, 1.54) is 36.0 Å². The molecule has 202 valence electrons. The third-order valence-electron chi connectivity index (χ3n) is 6.32. The smallest absolute Gasteiger partial charge is 0.416 e. The molecule has 0 aliphatic carbocycles. The summed E-state index contributed by atoms with van der Waals surface area (Å²) in [6.07, 6.45) is -4.34. The number of oxazole rings is 1. The summed E-state index contributed by atoms with van der Waals surface area (Å²) in [5.74, 6) is -0.121. The van der Waals surface area contributed by atoms with Crippen LogP contribution in [0.3, 0.4) is 0 Å². The van der Waals surface area contributed by atoms with Gasteiger partial charge in [-0.2, -0.15) is 13.2 Å². The standard InChI is InChI=1S/C27H21F3N2O5S2/c1-16-22(31-25(37-16)17-6-8-19(9-7-17)27(28,29)30)15-38-20-10-12-21(13-11-20)39(35,36)32-23-5-3-2-4-18(23)14-24(32)26(33)34/h2-13,24H,14-15H2,1H3,(H,33,34). The van der Waals surface area contributed by atoms with Gasteiger partial charge in [0.2, 0.25) is 5.89 Å². The SMILES string of the molecule is Cc1oc(-c2ccc(C(F)(F)F)cc2)nc1CSc1ccc(S(=O)(=O)N2c3ccccc3CC2C(=O)O)cc1. The Morgan fingerprint density at radius 3 is 2.38 bits per heavy atom. The topological polar surface area (TPSA) is 101 Å². The predicted molar refractivity (Wildman–Crippen MR) is 139 cm³/mol. The Bertz CT molecular complexity index is 1630. The molecule has 0 saturated carbocycles. The lowest BCUT2D eigenvalue weighted by molar-refractivity contribution is -0.138. The molecular formula is C27H21F3N2O5S2. The van der Waals surface area contributed by atoms with Crippen molar-refractivity contribution >= 4 is 33.4 Å². The summed E-state index contributed by atoms with van der Waals surface area (Å²) in [6.45, 7) is 1.71. The molecule has 0 bridgehead atoms. The number of alkyl halides is 3. The van der Waals surface area contributed by atoms with Gasteiger partial charge < -0.3 is 9.52 Å². The van der Waals surface area contributed by atoms with Crippen LogP contribution >= 0.6 is 11.8 Å². The van der Waals surface area contributed by atoms with E-state index in [4.69, 9.17) is 4.42 Å². The number of sulfonamides is 1. The summed E-state index contributed by atoms with van der Waals surface area (Å²) in [5, 5.41) is 9.66. The number of benzene rings is 3.